The highest BCUT2D eigenvalue weighted by molar-refractivity contribution is 5.99. The van der Waals surface area contributed by atoms with E-state index in [0.717, 1.165) is 36.9 Å². The number of fused-ring (bicyclic) bond motifs is 1. The summed E-state index contributed by atoms with van der Waals surface area (Å²) in [6.45, 7) is 0.759. The number of rotatable bonds is 7. The van der Waals surface area contributed by atoms with Crippen LogP contribution in [0.15, 0.2) is 48.5 Å². The minimum absolute atomic E-state index is 0.0520. The van der Waals surface area contributed by atoms with E-state index in [1.54, 1.807) is 24.3 Å². The van der Waals surface area contributed by atoms with E-state index >= 15 is 0 Å². The van der Waals surface area contributed by atoms with Crippen LogP contribution in [0.1, 0.15) is 47.2 Å². The number of primary amides is 1. The van der Waals surface area contributed by atoms with E-state index in [0.29, 0.717) is 25.1 Å². The third-order valence-corrected chi connectivity index (χ3v) is 6.68. The van der Waals surface area contributed by atoms with Crippen LogP contribution in [0.3, 0.4) is 0 Å². The lowest BCUT2D eigenvalue weighted by atomic mass is 9.77. The second-order valence-corrected chi connectivity index (χ2v) is 8.93. The molecule has 2 atom stereocenters. The van der Waals surface area contributed by atoms with Crippen molar-refractivity contribution in [3.63, 3.8) is 0 Å². The van der Waals surface area contributed by atoms with Crippen LogP contribution in [-0.4, -0.2) is 36.7 Å². The van der Waals surface area contributed by atoms with Gasteiger partial charge in [-0.05, 0) is 48.6 Å². The van der Waals surface area contributed by atoms with Crippen molar-refractivity contribution >= 4 is 29.3 Å². The number of anilines is 1. The van der Waals surface area contributed by atoms with E-state index in [1.165, 1.54) is 5.56 Å². The van der Waals surface area contributed by atoms with Crippen LogP contribution in [0.2, 0.25) is 0 Å². The first-order chi connectivity index (χ1) is 16.4. The highest BCUT2D eigenvalue weighted by Crippen LogP contribution is 2.36. The molecule has 4 rings (SSSR count). The first kappa shape index (κ1) is 23.5. The van der Waals surface area contributed by atoms with E-state index in [1.807, 2.05) is 23.1 Å². The molecule has 0 spiro atoms. The van der Waals surface area contributed by atoms with Crippen molar-refractivity contribution in [2.75, 3.05) is 18.0 Å². The Balaban J connectivity index is 1.36. The van der Waals surface area contributed by atoms with Gasteiger partial charge in [0.2, 0.25) is 17.7 Å². The Morgan fingerprint density at radius 3 is 2.35 bits per heavy atom. The van der Waals surface area contributed by atoms with Crippen LogP contribution in [0.25, 0.3) is 0 Å². The number of nitrogens with one attached hydrogen (secondary N) is 2. The van der Waals surface area contributed by atoms with Crippen molar-refractivity contribution in [1.82, 2.24) is 10.6 Å². The number of para-hydroxylation sites is 1. The van der Waals surface area contributed by atoms with Crippen molar-refractivity contribution in [1.29, 1.82) is 0 Å². The molecule has 0 aromatic heterocycles. The molecular weight excluding hydrogens is 432 g/mol. The number of hydrogen-bond donors (Lipinski definition) is 3. The first-order valence-electron chi connectivity index (χ1n) is 11.8. The maximum atomic E-state index is 13.4. The van der Waals surface area contributed by atoms with E-state index in [-0.39, 0.29) is 36.1 Å². The van der Waals surface area contributed by atoms with Gasteiger partial charge in [-0.1, -0.05) is 43.2 Å². The van der Waals surface area contributed by atoms with Gasteiger partial charge in [0.05, 0.1) is 12.5 Å². The lowest BCUT2D eigenvalue weighted by Crippen LogP contribution is -2.45. The zero-order valence-electron chi connectivity index (χ0n) is 19.1. The van der Waals surface area contributed by atoms with Crippen molar-refractivity contribution in [3.8, 4) is 0 Å². The molecule has 2 unspecified atom stereocenters. The van der Waals surface area contributed by atoms with Gasteiger partial charge in [-0.25, -0.2) is 0 Å². The lowest BCUT2D eigenvalue weighted by molar-refractivity contribution is -0.135. The third-order valence-electron chi connectivity index (χ3n) is 6.68. The molecule has 0 saturated heterocycles. The lowest BCUT2D eigenvalue weighted by Gasteiger charge is -2.32. The average molecular weight is 463 g/mol. The highest BCUT2D eigenvalue weighted by atomic mass is 16.2. The van der Waals surface area contributed by atoms with Crippen LogP contribution in [0.5, 0.6) is 0 Å². The minimum Gasteiger partial charge on any atom is -0.368 e. The number of carbonyl (C=O) groups excluding carboxylic acids is 4. The fraction of sp³-hybridized carbons (Fsp3) is 0.385. The molecule has 1 fully saturated rings. The van der Waals surface area contributed by atoms with Gasteiger partial charge in [-0.2, -0.15) is 0 Å². The van der Waals surface area contributed by atoms with Gasteiger partial charge in [-0.3, -0.25) is 19.2 Å². The predicted molar refractivity (Wildman–Crippen MR) is 128 cm³/mol. The van der Waals surface area contributed by atoms with Crippen molar-refractivity contribution in [2.24, 2.45) is 17.6 Å². The predicted octanol–water partition coefficient (Wildman–Crippen LogP) is 1.91. The number of benzene rings is 2. The van der Waals surface area contributed by atoms with Gasteiger partial charge in [0.25, 0.3) is 5.91 Å². The molecule has 1 saturated carbocycles. The van der Waals surface area contributed by atoms with Crippen LogP contribution in [0.4, 0.5) is 5.69 Å². The van der Waals surface area contributed by atoms with Crippen LogP contribution in [0, 0.1) is 11.8 Å². The Labute approximate surface area is 198 Å². The van der Waals surface area contributed by atoms with Gasteiger partial charge in [0, 0.05) is 30.3 Å². The first-order valence-corrected chi connectivity index (χ1v) is 11.8. The van der Waals surface area contributed by atoms with E-state index < -0.39 is 5.91 Å². The summed E-state index contributed by atoms with van der Waals surface area (Å²) in [5.41, 5.74) is 8.43. The van der Waals surface area contributed by atoms with Crippen LogP contribution >= 0.6 is 0 Å². The monoisotopic (exact) mass is 462 g/mol. The standard InChI is InChI=1S/C26H30N4O4/c27-23(31)16-29-24(32)19-11-9-17(10-12-19)15-28-25(33)20-6-2-3-7-21(20)26(34)30-14-13-18-5-1-4-8-22(18)30/h1,4-5,8-12,20-21H,2-3,6-7,13-16H2,(H2,27,31)(H,28,33)(H,29,32). The molecule has 8 nitrogen and oxygen atoms in total. The Kier molecular flexibility index (Phi) is 7.25. The second kappa shape index (κ2) is 10.5. The summed E-state index contributed by atoms with van der Waals surface area (Å²) in [4.78, 5) is 51.2. The highest BCUT2D eigenvalue weighted by Gasteiger charge is 2.39. The molecule has 34 heavy (non-hydrogen) atoms. The maximum absolute atomic E-state index is 13.4. The molecule has 2 aromatic rings. The molecule has 178 valence electrons. The summed E-state index contributed by atoms with van der Waals surface area (Å²) < 4.78 is 0. The summed E-state index contributed by atoms with van der Waals surface area (Å²) in [5, 5.41) is 5.42. The third kappa shape index (κ3) is 5.27. The van der Waals surface area contributed by atoms with Gasteiger partial charge >= 0.3 is 0 Å². The molecule has 4 amide bonds. The quantitative estimate of drug-likeness (QED) is 0.582. The molecule has 1 heterocycles. The van der Waals surface area contributed by atoms with Gasteiger partial charge in [0.15, 0.2) is 0 Å². The zero-order valence-corrected chi connectivity index (χ0v) is 19.1. The van der Waals surface area contributed by atoms with Gasteiger partial charge < -0.3 is 21.3 Å². The van der Waals surface area contributed by atoms with Crippen molar-refractivity contribution in [3.05, 3.63) is 65.2 Å². The Morgan fingerprint density at radius 2 is 1.62 bits per heavy atom. The summed E-state index contributed by atoms with van der Waals surface area (Å²) in [6.07, 6.45) is 4.17. The van der Waals surface area contributed by atoms with E-state index in [2.05, 4.69) is 16.7 Å². The molecule has 1 aliphatic heterocycles. The number of hydrogen-bond acceptors (Lipinski definition) is 4. The normalized spacial score (nSPS) is 19.2. The number of nitrogens with two attached hydrogens (primary N) is 1. The Hall–Kier alpha value is -3.68. The molecule has 8 heteroatoms. The summed E-state index contributed by atoms with van der Waals surface area (Å²) in [6, 6.07) is 14.8. The largest absolute Gasteiger partial charge is 0.368 e. The molecule has 4 N–H and O–H groups in total. The molecule has 2 aliphatic rings. The summed E-state index contributed by atoms with van der Waals surface area (Å²) in [5.74, 6) is -1.70. The summed E-state index contributed by atoms with van der Waals surface area (Å²) in [7, 11) is 0. The SMILES string of the molecule is NC(=O)CNC(=O)c1ccc(CNC(=O)C2CCCCC2C(=O)N2CCc3ccccc32)cc1. The van der Waals surface area contributed by atoms with Gasteiger partial charge in [0.1, 0.15) is 0 Å². The fourth-order valence-corrected chi connectivity index (χ4v) is 4.87. The van der Waals surface area contributed by atoms with Crippen molar-refractivity contribution in [2.45, 2.75) is 38.6 Å². The summed E-state index contributed by atoms with van der Waals surface area (Å²) >= 11 is 0. The van der Waals surface area contributed by atoms with E-state index in [9.17, 15) is 19.2 Å². The van der Waals surface area contributed by atoms with Crippen molar-refractivity contribution < 1.29 is 19.2 Å². The Bertz CT molecular complexity index is 1080. The maximum Gasteiger partial charge on any atom is 0.251 e. The molecule has 0 radical (unpaired) electrons. The number of amides is 4. The zero-order chi connectivity index (χ0) is 24.1. The second-order valence-electron chi connectivity index (χ2n) is 8.93. The fourth-order valence-electron chi connectivity index (χ4n) is 4.87. The molecule has 1 aliphatic carbocycles. The Morgan fingerprint density at radius 1 is 0.912 bits per heavy atom. The van der Waals surface area contributed by atoms with Crippen LogP contribution < -0.4 is 21.3 Å². The average Bonchev–Trinajstić information content (AvgIpc) is 3.30. The number of nitrogens with zero attached hydrogens (tertiary/aromatic N) is 1. The van der Waals surface area contributed by atoms with E-state index in [4.69, 9.17) is 5.73 Å². The van der Waals surface area contributed by atoms with Gasteiger partial charge in [-0.15, -0.1) is 0 Å². The molecule has 0 bridgehead atoms. The molecule has 2 aromatic carbocycles. The minimum atomic E-state index is -0.610. The topological polar surface area (TPSA) is 122 Å². The smallest absolute Gasteiger partial charge is 0.251 e. The number of carbonyl (C=O) groups is 4. The molecular formula is C26H30N4O4. The van der Waals surface area contributed by atoms with Crippen LogP contribution in [-0.2, 0) is 27.3 Å².